The lowest BCUT2D eigenvalue weighted by atomic mass is 10.2. The molecule has 0 unspecified atom stereocenters. The first kappa shape index (κ1) is 18.9. The maximum absolute atomic E-state index is 12.3. The molecular formula is C20H22N6O3. The van der Waals surface area contributed by atoms with Crippen molar-refractivity contribution in [2.24, 2.45) is 13.0 Å². The second-order valence-electron chi connectivity index (χ2n) is 6.96. The molecule has 9 nitrogen and oxygen atoms in total. The third-order valence-electron chi connectivity index (χ3n) is 4.88. The molecule has 150 valence electrons. The lowest BCUT2D eigenvalue weighted by Crippen LogP contribution is -2.24. The zero-order chi connectivity index (χ0) is 20.2. The van der Waals surface area contributed by atoms with Crippen LogP contribution < -0.4 is 20.3 Å². The standard InChI is InChI=1S/C20H22N6O3/c1-26-20(27)18(23-9-13-7-21-12-22-8-13)6-19(25-26)29-11-14-5-16(14)17-4-3-15(28-2)10-24-17/h3-4,6-8,10,12,14,16,23H,5,9,11H2,1-2H3/t14-,16+/m1/s1. The highest BCUT2D eigenvalue weighted by Crippen LogP contribution is 2.46. The Bertz CT molecular complexity index is 1020. The highest BCUT2D eigenvalue weighted by molar-refractivity contribution is 5.43. The molecule has 9 heteroatoms. The van der Waals surface area contributed by atoms with Crippen molar-refractivity contribution >= 4 is 5.69 Å². The fourth-order valence-corrected chi connectivity index (χ4v) is 3.12. The van der Waals surface area contributed by atoms with E-state index in [1.807, 2.05) is 12.1 Å². The molecule has 1 aliphatic rings. The maximum atomic E-state index is 12.3. The number of aromatic nitrogens is 5. The van der Waals surface area contributed by atoms with Crippen LogP contribution in [0.4, 0.5) is 5.69 Å². The van der Waals surface area contributed by atoms with Crippen LogP contribution in [0.5, 0.6) is 11.6 Å². The maximum Gasteiger partial charge on any atom is 0.290 e. The molecule has 1 fully saturated rings. The van der Waals surface area contributed by atoms with Crippen molar-refractivity contribution < 1.29 is 9.47 Å². The van der Waals surface area contributed by atoms with Crippen molar-refractivity contribution in [1.29, 1.82) is 0 Å². The second kappa shape index (κ2) is 8.26. The van der Waals surface area contributed by atoms with E-state index in [1.165, 1.54) is 11.0 Å². The molecular weight excluding hydrogens is 372 g/mol. The van der Waals surface area contributed by atoms with Gasteiger partial charge in [-0.25, -0.2) is 14.6 Å². The number of anilines is 1. The van der Waals surface area contributed by atoms with Gasteiger partial charge >= 0.3 is 0 Å². The van der Waals surface area contributed by atoms with Crippen LogP contribution >= 0.6 is 0 Å². The van der Waals surface area contributed by atoms with E-state index >= 15 is 0 Å². The van der Waals surface area contributed by atoms with Gasteiger partial charge in [-0.2, -0.15) is 0 Å². The van der Waals surface area contributed by atoms with Gasteiger partial charge in [0.15, 0.2) is 0 Å². The number of ether oxygens (including phenoxy) is 2. The summed E-state index contributed by atoms with van der Waals surface area (Å²) in [5.41, 5.74) is 2.12. The Hall–Kier alpha value is -3.49. The fourth-order valence-electron chi connectivity index (χ4n) is 3.12. The third kappa shape index (κ3) is 4.50. The summed E-state index contributed by atoms with van der Waals surface area (Å²) in [5, 5.41) is 7.30. The van der Waals surface area contributed by atoms with E-state index in [9.17, 15) is 4.79 Å². The number of nitrogens with one attached hydrogen (secondary N) is 1. The molecule has 0 aromatic carbocycles. The van der Waals surface area contributed by atoms with Gasteiger partial charge in [-0.3, -0.25) is 9.78 Å². The summed E-state index contributed by atoms with van der Waals surface area (Å²) in [7, 11) is 3.23. The molecule has 0 amide bonds. The molecule has 0 aliphatic heterocycles. The summed E-state index contributed by atoms with van der Waals surface area (Å²) in [5.74, 6) is 1.92. The molecule has 0 bridgehead atoms. The van der Waals surface area contributed by atoms with Crippen LogP contribution in [0.15, 0.2) is 47.9 Å². The third-order valence-corrected chi connectivity index (χ3v) is 4.88. The number of aryl methyl sites for hydroxylation is 1. The van der Waals surface area contributed by atoms with Crippen LogP contribution in [0, 0.1) is 5.92 Å². The second-order valence-corrected chi connectivity index (χ2v) is 6.96. The highest BCUT2D eigenvalue weighted by atomic mass is 16.5. The van der Waals surface area contributed by atoms with Gasteiger partial charge in [0.25, 0.3) is 5.56 Å². The minimum absolute atomic E-state index is 0.221. The fraction of sp³-hybridized carbons (Fsp3) is 0.350. The first-order valence-corrected chi connectivity index (χ1v) is 9.33. The molecule has 0 spiro atoms. The molecule has 29 heavy (non-hydrogen) atoms. The van der Waals surface area contributed by atoms with Crippen molar-refractivity contribution in [2.45, 2.75) is 18.9 Å². The van der Waals surface area contributed by atoms with Crippen molar-refractivity contribution in [3.63, 3.8) is 0 Å². The summed E-state index contributed by atoms with van der Waals surface area (Å²) in [6, 6.07) is 5.54. The smallest absolute Gasteiger partial charge is 0.290 e. The summed E-state index contributed by atoms with van der Waals surface area (Å²) < 4.78 is 12.3. The zero-order valence-electron chi connectivity index (χ0n) is 16.3. The number of methoxy groups -OCH3 is 1. The topological polar surface area (TPSA) is 104 Å². The SMILES string of the molecule is COc1ccc([C@H]2C[C@@H]2COc2cc(NCc3cncnc3)c(=O)n(C)n2)nc1. The molecule has 0 radical (unpaired) electrons. The number of hydrogen-bond donors (Lipinski definition) is 1. The summed E-state index contributed by atoms with van der Waals surface area (Å²) in [6.45, 7) is 0.961. The van der Waals surface area contributed by atoms with Crippen molar-refractivity contribution in [1.82, 2.24) is 24.7 Å². The minimum Gasteiger partial charge on any atom is -0.495 e. The molecule has 1 N–H and O–H groups in total. The minimum atomic E-state index is -0.221. The van der Waals surface area contributed by atoms with Crippen LogP contribution in [0.2, 0.25) is 0 Å². The van der Waals surface area contributed by atoms with Crippen molar-refractivity contribution in [3.05, 3.63) is 64.7 Å². The Morgan fingerprint density at radius 1 is 1.24 bits per heavy atom. The van der Waals surface area contributed by atoms with Gasteiger partial charge in [-0.15, -0.1) is 5.10 Å². The van der Waals surface area contributed by atoms with E-state index in [-0.39, 0.29) is 5.56 Å². The van der Waals surface area contributed by atoms with Crippen LogP contribution in [0.1, 0.15) is 23.6 Å². The monoisotopic (exact) mass is 394 g/mol. The molecule has 3 aromatic heterocycles. The zero-order valence-corrected chi connectivity index (χ0v) is 16.3. The molecule has 4 rings (SSSR count). The quantitative estimate of drug-likeness (QED) is 0.616. The number of nitrogens with zero attached hydrogens (tertiary/aromatic N) is 5. The first-order valence-electron chi connectivity index (χ1n) is 9.33. The van der Waals surface area contributed by atoms with E-state index in [2.05, 4.69) is 25.4 Å². The van der Waals surface area contributed by atoms with Gasteiger partial charge in [0.1, 0.15) is 17.8 Å². The molecule has 3 aromatic rings. The van der Waals surface area contributed by atoms with Gasteiger partial charge in [0, 0.05) is 55.1 Å². The largest absolute Gasteiger partial charge is 0.495 e. The number of pyridine rings is 1. The summed E-state index contributed by atoms with van der Waals surface area (Å²) in [4.78, 5) is 24.7. The van der Waals surface area contributed by atoms with E-state index in [0.717, 1.165) is 23.4 Å². The van der Waals surface area contributed by atoms with Crippen molar-refractivity contribution in [3.8, 4) is 11.6 Å². The Labute approximate surface area is 167 Å². The lowest BCUT2D eigenvalue weighted by Gasteiger charge is -2.10. The molecule has 1 saturated carbocycles. The summed E-state index contributed by atoms with van der Waals surface area (Å²) >= 11 is 0. The normalized spacial score (nSPS) is 17.6. The van der Waals surface area contributed by atoms with Gasteiger partial charge in [0.2, 0.25) is 5.88 Å². The molecule has 3 heterocycles. The molecule has 1 aliphatic carbocycles. The lowest BCUT2D eigenvalue weighted by molar-refractivity contribution is 0.278. The Kier molecular flexibility index (Phi) is 5.37. The van der Waals surface area contributed by atoms with Gasteiger partial charge in [0.05, 0.1) is 19.9 Å². The highest BCUT2D eigenvalue weighted by Gasteiger charge is 2.40. The Morgan fingerprint density at radius 2 is 2.07 bits per heavy atom. The van der Waals surface area contributed by atoms with E-state index in [0.29, 0.717) is 36.6 Å². The molecule has 0 saturated heterocycles. The molecule has 2 atom stereocenters. The average Bonchev–Trinajstić information content (AvgIpc) is 3.54. The van der Waals surface area contributed by atoms with Gasteiger partial charge in [-0.1, -0.05) is 0 Å². The van der Waals surface area contributed by atoms with Gasteiger partial charge in [-0.05, 0) is 18.6 Å². The predicted octanol–water partition coefficient (Wildman–Crippen LogP) is 1.77. The Morgan fingerprint density at radius 3 is 2.79 bits per heavy atom. The summed E-state index contributed by atoms with van der Waals surface area (Å²) in [6.07, 6.45) is 7.61. The van der Waals surface area contributed by atoms with Crippen molar-refractivity contribution in [2.75, 3.05) is 19.0 Å². The average molecular weight is 394 g/mol. The number of hydrogen-bond acceptors (Lipinski definition) is 8. The first-order chi connectivity index (χ1) is 14.1. The van der Waals surface area contributed by atoms with Crippen LogP contribution in [0.3, 0.4) is 0 Å². The predicted molar refractivity (Wildman–Crippen MR) is 106 cm³/mol. The Balaban J connectivity index is 1.36. The van der Waals surface area contributed by atoms with E-state index < -0.39 is 0 Å². The van der Waals surface area contributed by atoms with E-state index in [4.69, 9.17) is 9.47 Å². The van der Waals surface area contributed by atoms with Crippen LogP contribution in [0.25, 0.3) is 0 Å². The number of rotatable bonds is 8. The van der Waals surface area contributed by atoms with Crippen LogP contribution in [-0.4, -0.2) is 38.4 Å². The van der Waals surface area contributed by atoms with Crippen LogP contribution in [-0.2, 0) is 13.6 Å². The van der Waals surface area contributed by atoms with E-state index in [1.54, 1.807) is 38.8 Å². The van der Waals surface area contributed by atoms with Gasteiger partial charge < -0.3 is 14.8 Å².